The summed E-state index contributed by atoms with van der Waals surface area (Å²) in [5.74, 6) is -0.175. The molecule has 0 amide bonds. The van der Waals surface area contributed by atoms with Crippen molar-refractivity contribution >= 4 is 5.82 Å². The highest BCUT2D eigenvalue weighted by atomic mass is 19.4. The zero-order valence-electron chi connectivity index (χ0n) is 9.54. The largest absolute Gasteiger partial charge is 0.419 e. The van der Waals surface area contributed by atoms with E-state index in [1.165, 1.54) is 12.3 Å². The Balaban J connectivity index is 2.17. The molecule has 0 radical (unpaired) electrons. The average Bonchev–Trinajstić information content (AvgIpc) is 2.71. The normalized spacial score (nSPS) is 11.6. The molecule has 0 spiro atoms. The van der Waals surface area contributed by atoms with Crippen LogP contribution in [0.2, 0.25) is 0 Å². The molecule has 0 atom stereocenters. The number of aromatic amines is 1. The Hall–Kier alpha value is -2.05. The molecule has 0 bridgehead atoms. The number of anilines is 1. The van der Waals surface area contributed by atoms with Gasteiger partial charge in [-0.25, -0.2) is 4.98 Å². The molecule has 0 aromatic carbocycles. The fourth-order valence-electron chi connectivity index (χ4n) is 1.51. The molecule has 0 aliphatic heterocycles. The van der Waals surface area contributed by atoms with E-state index in [1.807, 2.05) is 0 Å². The van der Waals surface area contributed by atoms with Crippen LogP contribution in [0.15, 0.2) is 24.5 Å². The maximum absolute atomic E-state index is 12.7. The van der Waals surface area contributed by atoms with Gasteiger partial charge < -0.3 is 5.32 Å². The third-order valence-electron chi connectivity index (χ3n) is 2.49. The summed E-state index contributed by atoms with van der Waals surface area (Å²) in [5.41, 5.74) is 0.840. The Kier molecular flexibility index (Phi) is 3.22. The summed E-state index contributed by atoms with van der Waals surface area (Å²) in [6.07, 6.45) is -1.53. The molecule has 18 heavy (non-hydrogen) atoms. The van der Waals surface area contributed by atoms with E-state index in [-0.39, 0.29) is 12.4 Å². The predicted molar refractivity (Wildman–Crippen MR) is 59.9 cm³/mol. The molecule has 2 aromatic heterocycles. The van der Waals surface area contributed by atoms with E-state index < -0.39 is 11.7 Å². The van der Waals surface area contributed by atoms with Crippen molar-refractivity contribution in [3.63, 3.8) is 0 Å². The average molecular weight is 256 g/mol. The first-order valence-electron chi connectivity index (χ1n) is 5.23. The molecule has 7 heteroatoms. The minimum absolute atomic E-state index is 0.175. The molecular formula is C11H11F3N4. The Morgan fingerprint density at radius 1 is 1.39 bits per heavy atom. The van der Waals surface area contributed by atoms with E-state index in [0.717, 1.165) is 17.3 Å². The van der Waals surface area contributed by atoms with Gasteiger partial charge in [-0.05, 0) is 19.1 Å². The van der Waals surface area contributed by atoms with Crippen molar-refractivity contribution in [3.8, 4) is 0 Å². The van der Waals surface area contributed by atoms with Gasteiger partial charge >= 0.3 is 6.18 Å². The predicted octanol–water partition coefficient (Wildman–Crippen LogP) is 2.74. The number of aromatic nitrogens is 3. The molecule has 2 rings (SSSR count). The molecule has 96 valence electrons. The lowest BCUT2D eigenvalue weighted by Gasteiger charge is -2.12. The first-order valence-corrected chi connectivity index (χ1v) is 5.23. The highest BCUT2D eigenvalue weighted by Crippen LogP contribution is 2.33. The molecule has 2 aromatic rings. The molecule has 0 saturated heterocycles. The number of hydrogen-bond donors (Lipinski definition) is 2. The zero-order chi connectivity index (χ0) is 13.2. The minimum Gasteiger partial charge on any atom is -0.365 e. The second kappa shape index (κ2) is 4.67. The number of alkyl halides is 3. The first kappa shape index (κ1) is 12.4. The van der Waals surface area contributed by atoms with Crippen LogP contribution >= 0.6 is 0 Å². The maximum atomic E-state index is 12.7. The minimum atomic E-state index is -4.41. The van der Waals surface area contributed by atoms with Crippen molar-refractivity contribution < 1.29 is 13.2 Å². The lowest BCUT2D eigenvalue weighted by molar-refractivity contribution is -0.137. The SMILES string of the molecule is Cc1[nH]ncc1CNc1ncccc1C(F)(F)F. The molecule has 0 aliphatic rings. The van der Waals surface area contributed by atoms with E-state index >= 15 is 0 Å². The molecule has 0 saturated carbocycles. The fraction of sp³-hybridized carbons (Fsp3) is 0.273. The number of rotatable bonds is 3. The second-order valence-corrected chi connectivity index (χ2v) is 3.77. The van der Waals surface area contributed by atoms with Crippen molar-refractivity contribution in [1.82, 2.24) is 15.2 Å². The van der Waals surface area contributed by atoms with Crippen LogP contribution in [0, 0.1) is 6.92 Å². The van der Waals surface area contributed by atoms with Crippen molar-refractivity contribution in [2.75, 3.05) is 5.32 Å². The maximum Gasteiger partial charge on any atom is 0.419 e. The van der Waals surface area contributed by atoms with Gasteiger partial charge in [0.25, 0.3) is 0 Å². The molecule has 0 aliphatic carbocycles. The van der Waals surface area contributed by atoms with Gasteiger partial charge in [0.2, 0.25) is 0 Å². The number of H-pyrrole nitrogens is 1. The number of hydrogen-bond acceptors (Lipinski definition) is 3. The quantitative estimate of drug-likeness (QED) is 0.887. The summed E-state index contributed by atoms with van der Waals surface area (Å²) in [7, 11) is 0. The van der Waals surface area contributed by atoms with Crippen LogP contribution in [-0.2, 0) is 12.7 Å². The molecular weight excluding hydrogens is 245 g/mol. The van der Waals surface area contributed by atoms with Gasteiger partial charge in [-0.15, -0.1) is 0 Å². The van der Waals surface area contributed by atoms with Crippen molar-refractivity contribution in [1.29, 1.82) is 0 Å². The zero-order valence-corrected chi connectivity index (χ0v) is 9.54. The topological polar surface area (TPSA) is 53.6 Å². The Labute approximate surface area is 101 Å². The Morgan fingerprint density at radius 3 is 2.78 bits per heavy atom. The fourth-order valence-corrected chi connectivity index (χ4v) is 1.51. The van der Waals surface area contributed by atoms with Gasteiger partial charge in [-0.3, -0.25) is 5.10 Å². The van der Waals surface area contributed by atoms with Crippen LogP contribution in [0.25, 0.3) is 0 Å². The highest BCUT2D eigenvalue weighted by molar-refractivity contribution is 5.46. The van der Waals surface area contributed by atoms with Gasteiger partial charge in [0.05, 0.1) is 11.8 Å². The van der Waals surface area contributed by atoms with Crippen LogP contribution in [0.4, 0.5) is 19.0 Å². The van der Waals surface area contributed by atoms with E-state index in [0.29, 0.717) is 0 Å². The number of halogens is 3. The van der Waals surface area contributed by atoms with Gasteiger partial charge in [0, 0.05) is 24.0 Å². The highest BCUT2D eigenvalue weighted by Gasteiger charge is 2.33. The van der Waals surface area contributed by atoms with E-state index in [2.05, 4.69) is 20.5 Å². The van der Waals surface area contributed by atoms with Gasteiger partial charge in [-0.2, -0.15) is 18.3 Å². The molecule has 2 N–H and O–H groups in total. The molecule has 0 fully saturated rings. The summed E-state index contributed by atoms with van der Waals surface area (Å²) in [6, 6.07) is 2.26. The summed E-state index contributed by atoms with van der Waals surface area (Å²) in [6.45, 7) is 2.04. The molecule has 2 heterocycles. The van der Waals surface area contributed by atoms with E-state index in [1.54, 1.807) is 13.1 Å². The van der Waals surface area contributed by atoms with Crippen LogP contribution in [-0.4, -0.2) is 15.2 Å². The van der Waals surface area contributed by atoms with Gasteiger partial charge in [0.15, 0.2) is 0 Å². The van der Waals surface area contributed by atoms with Crippen molar-refractivity contribution in [2.45, 2.75) is 19.6 Å². The van der Waals surface area contributed by atoms with Crippen molar-refractivity contribution in [3.05, 3.63) is 41.3 Å². The number of nitrogens with zero attached hydrogens (tertiary/aromatic N) is 2. The van der Waals surface area contributed by atoms with E-state index in [9.17, 15) is 13.2 Å². The van der Waals surface area contributed by atoms with E-state index in [4.69, 9.17) is 0 Å². The Morgan fingerprint density at radius 2 is 2.17 bits per heavy atom. The lowest BCUT2D eigenvalue weighted by atomic mass is 10.2. The van der Waals surface area contributed by atoms with Crippen LogP contribution in [0.1, 0.15) is 16.8 Å². The van der Waals surface area contributed by atoms with Crippen LogP contribution < -0.4 is 5.32 Å². The van der Waals surface area contributed by atoms with Gasteiger partial charge in [0.1, 0.15) is 5.82 Å². The third-order valence-corrected chi connectivity index (χ3v) is 2.49. The lowest BCUT2D eigenvalue weighted by Crippen LogP contribution is -2.12. The molecule has 0 unspecified atom stereocenters. The van der Waals surface area contributed by atoms with Crippen LogP contribution in [0.3, 0.4) is 0 Å². The number of aryl methyl sites for hydroxylation is 1. The van der Waals surface area contributed by atoms with Gasteiger partial charge in [-0.1, -0.05) is 0 Å². The Bertz CT molecular complexity index is 533. The summed E-state index contributed by atoms with van der Waals surface area (Å²) < 4.78 is 38.1. The summed E-state index contributed by atoms with van der Waals surface area (Å²) >= 11 is 0. The van der Waals surface area contributed by atoms with Crippen molar-refractivity contribution in [2.24, 2.45) is 0 Å². The third kappa shape index (κ3) is 2.61. The summed E-state index contributed by atoms with van der Waals surface area (Å²) in [4.78, 5) is 3.71. The number of nitrogens with one attached hydrogen (secondary N) is 2. The smallest absolute Gasteiger partial charge is 0.365 e. The number of pyridine rings is 1. The second-order valence-electron chi connectivity index (χ2n) is 3.77. The summed E-state index contributed by atoms with van der Waals surface area (Å²) in [5, 5.41) is 9.19. The standard InChI is InChI=1S/C11H11F3N4/c1-7-8(6-17-18-7)5-16-10-9(11(12,13)14)3-2-4-15-10/h2-4,6H,5H2,1H3,(H,15,16)(H,17,18). The molecule has 4 nitrogen and oxygen atoms in total. The first-order chi connectivity index (χ1) is 8.48. The monoisotopic (exact) mass is 256 g/mol. The van der Waals surface area contributed by atoms with Crippen LogP contribution in [0.5, 0.6) is 0 Å².